The molecular formula is C14H10BrF3O. The molecule has 0 aliphatic rings. The van der Waals surface area contributed by atoms with E-state index < -0.39 is 17.5 Å². The van der Waals surface area contributed by atoms with Crippen LogP contribution in [0, 0.1) is 17.5 Å². The lowest BCUT2D eigenvalue weighted by molar-refractivity contribution is 0.297. The minimum absolute atomic E-state index is 0.0876. The summed E-state index contributed by atoms with van der Waals surface area (Å²) < 4.78 is 44.9. The number of benzene rings is 2. The molecule has 0 heterocycles. The summed E-state index contributed by atoms with van der Waals surface area (Å²) in [4.78, 5) is 0. The van der Waals surface area contributed by atoms with Crippen molar-refractivity contribution < 1.29 is 17.9 Å². The third kappa shape index (κ3) is 3.73. The van der Waals surface area contributed by atoms with Crippen LogP contribution in [0.2, 0.25) is 0 Å². The maximum absolute atomic E-state index is 13.4. The van der Waals surface area contributed by atoms with Crippen molar-refractivity contribution in [3.05, 3.63) is 65.0 Å². The summed E-state index contributed by atoms with van der Waals surface area (Å²) in [7, 11) is 0. The topological polar surface area (TPSA) is 9.23 Å². The number of halogens is 4. The Balaban J connectivity index is 2.14. The van der Waals surface area contributed by atoms with E-state index in [-0.39, 0.29) is 17.9 Å². The Hall–Kier alpha value is -1.49. The molecule has 19 heavy (non-hydrogen) atoms. The zero-order valence-corrected chi connectivity index (χ0v) is 11.4. The second kappa shape index (κ2) is 6.10. The normalized spacial score (nSPS) is 10.5. The van der Waals surface area contributed by atoms with Crippen LogP contribution in [0.5, 0.6) is 5.75 Å². The predicted molar refractivity (Wildman–Crippen MR) is 69.7 cm³/mol. The van der Waals surface area contributed by atoms with Gasteiger partial charge in [0.05, 0.1) is 0 Å². The molecule has 100 valence electrons. The lowest BCUT2D eigenvalue weighted by atomic mass is 10.2. The zero-order chi connectivity index (χ0) is 13.8. The van der Waals surface area contributed by atoms with Gasteiger partial charge in [-0.1, -0.05) is 15.9 Å². The van der Waals surface area contributed by atoms with E-state index in [1.165, 1.54) is 12.1 Å². The van der Waals surface area contributed by atoms with Crippen LogP contribution < -0.4 is 4.74 Å². The number of hydrogen-bond acceptors (Lipinski definition) is 1. The highest BCUT2D eigenvalue weighted by Gasteiger charge is 2.06. The van der Waals surface area contributed by atoms with Crippen LogP contribution in [0.3, 0.4) is 0 Å². The minimum atomic E-state index is -0.557. The van der Waals surface area contributed by atoms with E-state index in [2.05, 4.69) is 15.9 Å². The van der Waals surface area contributed by atoms with Crippen molar-refractivity contribution in [2.24, 2.45) is 0 Å². The number of hydrogen-bond donors (Lipinski definition) is 0. The van der Waals surface area contributed by atoms with Gasteiger partial charge in [-0.25, -0.2) is 13.2 Å². The van der Waals surface area contributed by atoms with Crippen LogP contribution in [-0.4, -0.2) is 0 Å². The summed E-state index contributed by atoms with van der Waals surface area (Å²) in [6, 6.07) is 7.32. The van der Waals surface area contributed by atoms with Gasteiger partial charge in [0, 0.05) is 17.0 Å². The second-order valence-corrected chi connectivity index (χ2v) is 4.51. The largest absolute Gasteiger partial charge is 0.489 e. The number of rotatable bonds is 4. The second-order valence-electron chi connectivity index (χ2n) is 3.95. The monoisotopic (exact) mass is 330 g/mol. The lowest BCUT2D eigenvalue weighted by Crippen LogP contribution is -2.00. The maximum Gasteiger partial charge on any atom is 0.130 e. The molecular weight excluding hydrogens is 321 g/mol. The van der Waals surface area contributed by atoms with Crippen molar-refractivity contribution in [2.75, 3.05) is 0 Å². The molecule has 0 aliphatic carbocycles. The molecule has 0 saturated heterocycles. The molecule has 2 aromatic carbocycles. The molecule has 0 fully saturated rings. The lowest BCUT2D eigenvalue weighted by Gasteiger charge is -2.08. The van der Waals surface area contributed by atoms with Crippen LogP contribution in [0.1, 0.15) is 11.1 Å². The van der Waals surface area contributed by atoms with E-state index in [0.717, 1.165) is 18.2 Å². The van der Waals surface area contributed by atoms with Crippen molar-refractivity contribution in [2.45, 2.75) is 11.9 Å². The van der Waals surface area contributed by atoms with Gasteiger partial charge in [-0.05, 0) is 35.9 Å². The van der Waals surface area contributed by atoms with Crippen LogP contribution in [0.4, 0.5) is 13.2 Å². The van der Waals surface area contributed by atoms with Crippen LogP contribution >= 0.6 is 15.9 Å². The average Bonchev–Trinajstić information content (AvgIpc) is 2.39. The number of ether oxygens (including phenoxy) is 1. The van der Waals surface area contributed by atoms with Gasteiger partial charge in [-0.2, -0.15) is 0 Å². The molecule has 0 radical (unpaired) electrons. The molecule has 2 aromatic rings. The van der Waals surface area contributed by atoms with E-state index in [4.69, 9.17) is 4.74 Å². The third-order valence-electron chi connectivity index (χ3n) is 2.49. The van der Waals surface area contributed by atoms with Gasteiger partial charge in [0.2, 0.25) is 0 Å². The molecule has 0 N–H and O–H groups in total. The van der Waals surface area contributed by atoms with Crippen molar-refractivity contribution in [3.8, 4) is 5.75 Å². The van der Waals surface area contributed by atoms with Crippen LogP contribution in [-0.2, 0) is 11.9 Å². The summed E-state index contributed by atoms with van der Waals surface area (Å²) >= 11 is 3.21. The summed E-state index contributed by atoms with van der Waals surface area (Å²) in [5.74, 6) is -1.26. The Morgan fingerprint density at radius 3 is 2.47 bits per heavy atom. The van der Waals surface area contributed by atoms with E-state index in [0.29, 0.717) is 10.9 Å². The fourth-order valence-electron chi connectivity index (χ4n) is 1.60. The first-order valence-corrected chi connectivity index (χ1v) is 6.63. The summed E-state index contributed by atoms with van der Waals surface area (Å²) in [5, 5.41) is 0.482. The Kier molecular flexibility index (Phi) is 4.47. The highest BCUT2D eigenvalue weighted by Crippen LogP contribution is 2.20. The van der Waals surface area contributed by atoms with E-state index in [1.807, 2.05) is 0 Å². The molecule has 5 heteroatoms. The Morgan fingerprint density at radius 2 is 1.74 bits per heavy atom. The Bertz CT molecular complexity index is 587. The summed E-state index contributed by atoms with van der Waals surface area (Å²) in [6.07, 6.45) is 0. The third-order valence-corrected chi connectivity index (χ3v) is 3.13. The molecule has 1 nitrogen and oxygen atoms in total. The summed E-state index contributed by atoms with van der Waals surface area (Å²) in [6.45, 7) is -0.158. The molecule has 0 atom stereocenters. The van der Waals surface area contributed by atoms with Gasteiger partial charge in [0.25, 0.3) is 0 Å². The SMILES string of the molecule is Fc1cc(CBr)cc(OCc2cc(F)ccc2F)c1. The molecule has 0 aliphatic heterocycles. The average molecular weight is 331 g/mol. The van der Waals surface area contributed by atoms with E-state index >= 15 is 0 Å². The molecule has 0 amide bonds. The highest BCUT2D eigenvalue weighted by atomic mass is 79.9. The van der Waals surface area contributed by atoms with Gasteiger partial charge in [0.1, 0.15) is 29.8 Å². The smallest absolute Gasteiger partial charge is 0.130 e. The van der Waals surface area contributed by atoms with Gasteiger partial charge in [-0.15, -0.1) is 0 Å². The quantitative estimate of drug-likeness (QED) is 0.746. The van der Waals surface area contributed by atoms with Crippen molar-refractivity contribution in [3.63, 3.8) is 0 Å². The molecule has 0 aromatic heterocycles. The maximum atomic E-state index is 13.4. The van der Waals surface area contributed by atoms with Gasteiger partial charge in [-0.3, -0.25) is 0 Å². The fraction of sp³-hybridized carbons (Fsp3) is 0.143. The van der Waals surface area contributed by atoms with Crippen molar-refractivity contribution in [1.82, 2.24) is 0 Å². The van der Waals surface area contributed by atoms with Crippen molar-refractivity contribution >= 4 is 15.9 Å². The first-order valence-electron chi connectivity index (χ1n) is 5.50. The van der Waals surface area contributed by atoms with Gasteiger partial charge >= 0.3 is 0 Å². The summed E-state index contributed by atoms with van der Waals surface area (Å²) in [5.41, 5.74) is 0.791. The highest BCUT2D eigenvalue weighted by molar-refractivity contribution is 9.08. The Labute approximate surface area is 117 Å². The fourth-order valence-corrected chi connectivity index (χ4v) is 1.92. The standard InChI is InChI=1S/C14H10BrF3O/c15-7-9-3-12(17)6-13(4-9)19-8-10-5-11(16)1-2-14(10)18/h1-6H,7-8H2. The van der Waals surface area contributed by atoms with E-state index in [1.54, 1.807) is 6.07 Å². The molecule has 0 bridgehead atoms. The van der Waals surface area contributed by atoms with Gasteiger partial charge in [0.15, 0.2) is 0 Å². The van der Waals surface area contributed by atoms with Crippen molar-refractivity contribution in [1.29, 1.82) is 0 Å². The molecule has 2 rings (SSSR count). The van der Waals surface area contributed by atoms with E-state index in [9.17, 15) is 13.2 Å². The Morgan fingerprint density at radius 1 is 0.947 bits per heavy atom. The first-order chi connectivity index (χ1) is 9.08. The first kappa shape index (κ1) is 13.9. The zero-order valence-electron chi connectivity index (χ0n) is 9.80. The number of alkyl halides is 1. The minimum Gasteiger partial charge on any atom is -0.489 e. The molecule has 0 unspecified atom stereocenters. The van der Waals surface area contributed by atoms with Gasteiger partial charge < -0.3 is 4.74 Å². The van der Waals surface area contributed by atoms with Crippen LogP contribution in [0.25, 0.3) is 0 Å². The molecule has 0 saturated carbocycles. The van der Waals surface area contributed by atoms with Crippen LogP contribution in [0.15, 0.2) is 36.4 Å². The molecule has 0 spiro atoms. The predicted octanol–water partition coefficient (Wildman–Crippen LogP) is 4.58.